The molecule has 1 N–H and O–H groups in total. The van der Waals surface area contributed by atoms with Crippen molar-refractivity contribution in [1.82, 2.24) is 24.0 Å². The van der Waals surface area contributed by atoms with E-state index in [2.05, 4.69) is 32.2 Å². The van der Waals surface area contributed by atoms with Crippen molar-refractivity contribution in [2.24, 2.45) is 23.7 Å². The third kappa shape index (κ3) is 2.80. The third-order valence-electron chi connectivity index (χ3n) is 10.5. The highest BCUT2D eigenvalue weighted by molar-refractivity contribution is 6.00. The third-order valence-corrected chi connectivity index (χ3v) is 10.5. The lowest BCUT2D eigenvalue weighted by Crippen LogP contribution is -2.53. The summed E-state index contributed by atoms with van der Waals surface area (Å²) in [5.41, 5.74) is 5.40. The van der Waals surface area contributed by atoms with E-state index >= 15 is 0 Å². The number of hydrogen-bond acceptors (Lipinski definition) is 4. The van der Waals surface area contributed by atoms with Gasteiger partial charge in [0.15, 0.2) is 5.82 Å². The molecule has 3 aromatic heterocycles. The lowest BCUT2D eigenvalue weighted by atomic mass is 9.53. The molecule has 3 saturated carbocycles. The van der Waals surface area contributed by atoms with Crippen LogP contribution in [0.2, 0.25) is 0 Å². The SMILES string of the molecule is Cc1ccc2cc(-c3nc4cc(C(=O)N5CC6CC7CC5[C@H]76)cc5c4n3CCC5(C)O)n(CC3CC3)c2n1. The van der Waals surface area contributed by atoms with E-state index in [4.69, 9.17) is 9.97 Å². The second kappa shape index (κ2) is 7.06. The van der Waals surface area contributed by atoms with E-state index in [9.17, 15) is 9.90 Å². The van der Waals surface area contributed by atoms with E-state index in [-0.39, 0.29) is 5.91 Å². The summed E-state index contributed by atoms with van der Waals surface area (Å²) in [7, 11) is 0. The van der Waals surface area contributed by atoms with E-state index in [0.717, 1.165) is 76.2 Å². The molecule has 2 aliphatic heterocycles. The Balaban J connectivity index is 1.22. The number of likely N-dealkylation sites (tertiary alicyclic amines) is 1. The summed E-state index contributed by atoms with van der Waals surface area (Å²) in [6.45, 7) is 6.46. The highest BCUT2D eigenvalue weighted by Crippen LogP contribution is 2.60. The van der Waals surface area contributed by atoms with Crippen LogP contribution in [0.4, 0.5) is 0 Å². The van der Waals surface area contributed by atoms with Crippen LogP contribution >= 0.6 is 0 Å². The number of amides is 1. The molecule has 7 heteroatoms. The number of nitrogens with zero attached hydrogens (tertiary/aromatic N) is 5. The van der Waals surface area contributed by atoms with Crippen molar-refractivity contribution in [2.75, 3.05) is 6.54 Å². The molecule has 4 unspecified atom stereocenters. The molecule has 1 aromatic carbocycles. The van der Waals surface area contributed by atoms with E-state index in [1.807, 2.05) is 26.0 Å². The minimum absolute atomic E-state index is 0.112. The molecule has 9 rings (SSSR count). The van der Waals surface area contributed by atoms with Gasteiger partial charge >= 0.3 is 0 Å². The van der Waals surface area contributed by atoms with Crippen molar-refractivity contribution in [2.45, 2.75) is 70.7 Å². The maximum atomic E-state index is 13.8. The Morgan fingerprint density at radius 2 is 2.00 bits per heavy atom. The number of rotatable bonds is 4. The van der Waals surface area contributed by atoms with E-state index in [1.54, 1.807) is 0 Å². The van der Waals surface area contributed by atoms with Gasteiger partial charge in [0, 0.05) is 47.9 Å². The van der Waals surface area contributed by atoms with Gasteiger partial charge in [-0.1, -0.05) is 0 Å². The van der Waals surface area contributed by atoms with Gasteiger partial charge in [-0.2, -0.15) is 0 Å². The van der Waals surface area contributed by atoms with Crippen molar-refractivity contribution in [1.29, 1.82) is 0 Å². The Bertz CT molecular complexity index is 1690. The topological polar surface area (TPSA) is 76.2 Å². The molecule has 1 saturated heterocycles. The number of pyridine rings is 1. The van der Waals surface area contributed by atoms with E-state index in [0.29, 0.717) is 36.4 Å². The highest BCUT2D eigenvalue weighted by Gasteiger charge is 2.61. The number of carbonyl (C=O) groups is 1. The molecule has 5 aliphatic rings. The van der Waals surface area contributed by atoms with Crippen LogP contribution < -0.4 is 0 Å². The molecule has 5 atom stereocenters. The molecule has 0 radical (unpaired) electrons. The fraction of sp³-hybridized carbons (Fsp3) is 0.516. The smallest absolute Gasteiger partial charge is 0.254 e. The summed E-state index contributed by atoms with van der Waals surface area (Å²) in [5.74, 6) is 4.01. The molecule has 38 heavy (non-hydrogen) atoms. The van der Waals surface area contributed by atoms with Crippen LogP contribution in [-0.2, 0) is 18.7 Å². The molecular weight excluding hydrogens is 474 g/mol. The Morgan fingerprint density at radius 1 is 1.13 bits per heavy atom. The van der Waals surface area contributed by atoms with Gasteiger partial charge in [-0.25, -0.2) is 9.97 Å². The van der Waals surface area contributed by atoms with Crippen molar-refractivity contribution in [3.8, 4) is 11.5 Å². The number of hydrogen-bond donors (Lipinski definition) is 1. The number of benzene rings is 1. The van der Waals surface area contributed by atoms with Crippen molar-refractivity contribution < 1.29 is 9.90 Å². The van der Waals surface area contributed by atoms with Crippen LogP contribution in [0.1, 0.15) is 60.6 Å². The number of aliphatic hydroxyl groups is 1. The highest BCUT2D eigenvalue weighted by atomic mass is 16.3. The minimum Gasteiger partial charge on any atom is -0.385 e. The number of carbonyl (C=O) groups excluding carboxylic acids is 1. The summed E-state index contributed by atoms with van der Waals surface area (Å²) in [6, 6.07) is 10.8. The number of aromatic nitrogens is 4. The van der Waals surface area contributed by atoms with E-state index in [1.165, 1.54) is 19.3 Å². The van der Waals surface area contributed by atoms with Gasteiger partial charge in [0.1, 0.15) is 5.65 Å². The molecule has 0 spiro atoms. The normalized spacial score (nSPS) is 31.0. The zero-order valence-electron chi connectivity index (χ0n) is 22.0. The summed E-state index contributed by atoms with van der Waals surface area (Å²) in [6.07, 6.45) is 5.58. The Kier molecular flexibility index (Phi) is 4.03. The van der Waals surface area contributed by atoms with Crippen LogP contribution in [0.15, 0.2) is 30.3 Å². The first kappa shape index (κ1) is 21.7. The van der Waals surface area contributed by atoms with Crippen molar-refractivity contribution >= 4 is 28.0 Å². The summed E-state index contributed by atoms with van der Waals surface area (Å²) in [5, 5.41) is 12.6. The Labute approximate surface area is 221 Å². The molecule has 3 aliphatic carbocycles. The monoisotopic (exact) mass is 507 g/mol. The second-order valence-corrected chi connectivity index (χ2v) is 13.0. The Hall–Kier alpha value is -3.19. The average molecular weight is 508 g/mol. The summed E-state index contributed by atoms with van der Waals surface area (Å²) < 4.78 is 4.63. The van der Waals surface area contributed by atoms with Gasteiger partial charge in [0.25, 0.3) is 5.91 Å². The second-order valence-electron chi connectivity index (χ2n) is 13.0. The molecule has 7 nitrogen and oxygen atoms in total. The first-order valence-corrected chi connectivity index (χ1v) is 14.4. The van der Waals surface area contributed by atoms with Crippen LogP contribution in [0.3, 0.4) is 0 Å². The summed E-state index contributed by atoms with van der Waals surface area (Å²) in [4.78, 5) is 26.1. The molecule has 4 aromatic rings. The van der Waals surface area contributed by atoms with Crippen molar-refractivity contribution in [3.05, 3.63) is 47.2 Å². The predicted octanol–water partition coefficient (Wildman–Crippen LogP) is 4.86. The first-order valence-electron chi connectivity index (χ1n) is 14.4. The molecule has 5 heterocycles. The zero-order chi connectivity index (χ0) is 25.5. The quantitative estimate of drug-likeness (QED) is 0.428. The minimum atomic E-state index is -0.993. The van der Waals surface area contributed by atoms with Gasteiger partial charge in [0.05, 0.1) is 22.3 Å². The fourth-order valence-corrected chi connectivity index (χ4v) is 8.19. The van der Waals surface area contributed by atoms with Gasteiger partial charge < -0.3 is 19.1 Å². The molecular formula is C31H33N5O2. The van der Waals surface area contributed by atoms with Crippen LogP contribution in [-0.4, -0.2) is 47.6 Å². The number of fused-ring (bicyclic) bond motifs is 1. The van der Waals surface area contributed by atoms with Crippen LogP contribution in [0.5, 0.6) is 0 Å². The number of aryl methyl sites for hydroxylation is 2. The molecule has 0 bridgehead atoms. The van der Waals surface area contributed by atoms with Crippen LogP contribution in [0, 0.1) is 30.6 Å². The Morgan fingerprint density at radius 3 is 2.79 bits per heavy atom. The van der Waals surface area contributed by atoms with Crippen molar-refractivity contribution in [3.63, 3.8) is 0 Å². The fourth-order valence-electron chi connectivity index (χ4n) is 8.19. The average Bonchev–Trinajstić information content (AvgIpc) is 3.53. The predicted molar refractivity (Wildman–Crippen MR) is 145 cm³/mol. The largest absolute Gasteiger partial charge is 0.385 e. The lowest BCUT2D eigenvalue weighted by molar-refractivity contribution is -0.0204. The van der Waals surface area contributed by atoms with Crippen LogP contribution in [0.25, 0.3) is 33.6 Å². The maximum absolute atomic E-state index is 13.8. The molecule has 194 valence electrons. The van der Waals surface area contributed by atoms with Gasteiger partial charge in [-0.15, -0.1) is 0 Å². The standard InChI is InChI=1S/C31H33N5O2/c1-16-3-6-18-12-25(35(28(18)32-16)14-17-4-5-17)29-33-23-11-20(10-22-27(23)34(29)8-7-31(22,2)38)30(37)36-15-21-9-19-13-24(36)26(19)21/h3,6,10-12,17,19,21,24,26,38H,4-5,7-9,13-15H2,1-2H3/t19?,21?,24?,26-,31?/m1/s1. The first-order chi connectivity index (χ1) is 18.4. The molecule has 4 fully saturated rings. The van der Waals surface area contributed by atoms with E-state index < -0.39 is 5.60 Å². The van der Waals surface area contributed by atoms with Gasteiger partial charge in [-0.3, -0.25) is 4.79 Å². The summed E-state index contributed by atoms with van der Waals surface area (Å²) >= 11 is 0. The molecule has 1 amide bonds. The van der Waals surface area contributed by atoms with Gasteiger partial charge in [0.2, 0.25) is 0 Å². The number of imidazole rings is 1. The zero-order valence-corrected chi connectivity index (χ0v) is 22.0. The van der Waals surface area contributed by atoms with Gasteiger partial charge in [-0.05, 0) is 100.0 Å². The maximum Gasteiger partial charge on any atom is 0.254 e. The lowest BCUT2D eigenvalue weighted by Gasteiger charge is -2.52.